The van der Waals surface area contributed by atoms with E-state index >= 15 is 0 Å². The number of hydrogen-bond donors (Lipinski definition) is 1. The van der Waals surface area contributed by atoms with Crippen LogP contribution in [0.3, 0.4) is 0 Å². The first kappa shape index (κ1) is 18.5. The Balaban J connectivity index is 2.91. The summed E-state index contributed by atoms with van der Waals surface area (Å²) < 4.78 is 28.7. The maximum Gasteiger partial charge on any atom is 0.265 e. The van der Waals surface area contributed by atoms with Gasteiger partial charge < -0.3 is 10.1 Å². The van der Waals surface area contributed by atoms with Gasteiger partial charge in [0.15, 0.2) is 12.4 Å². The minimum atomic E-state index is -4.05. The van der Waals surface area contributed by atoms with Gasteiger partial charge in [0.2, 0.25) is 0 Å². The predicted octanol–water partition coefficient (Wildman–Crippen LogP) is 3.18. The third-order valence-electron chi connectivity index (χ3n) is 2.29. The van der Waals surface area contributed by atoms with Crippen molar-refractivity contribution >= 4 is 53.2 Å². The van der Waals surface area contributed by atoms with Crippen molar-refractivity contribution in [3.63, 3.8) is 0 Å². The summed E-state index contributed by atoms with van der Waals surface area (Å²) in [5, 5.41) is 2.68. The molecule has 0 aliphatic carbocycles. The van der Waals surface area contributed by atoms with Crippen molar-refractivity contribution in [3.8, 4) is 5.75 Å². The van der Waals surface area contributed by atoms with Crippen molar-refractivity contribution in [1.82, 2.24) is 5.32 Å². The Morgan fingerprint density at radius 1 is 1.43 bits per heavy atom. The molecule has 0 spiro atoms. The molecule has 0 aliphatic heterocycles. The molecule has 0 saturated carbocycles. The SMILES string of the molecule is CC(C)CNC(=O)COc1c(Cl)cc(Br)cc1S(=O)(=O)Cl. The molecule has 0 aromatic heterocycles. The zero-order valence-corrected chi connectivity index (χ0v) is 15.2. The molecule has 0 atom stereocenters. The van der Waals surface area contributed by atoms with E-state index in [0.717, 1.165) is 0 Å². The molecule has 0 unspecified atom stereocenters. The number of carbonyl (C=O) groups excluding carboxylic acids is 1. The van der Waals surface area contributed by atoms with E-state index in [2.05, 4.69) is 21.2 Å². The van der Waals surface area contributed by atoms with E-state index in [0.29, 0.717) is 16.9 Å². The fraction of sp³-hybridized carbons (Fsp3) is 0.417. The van der Waals surface area contributed by atoms with E-state index < -0.39 is 9.05 Å². The van der Waals surface area contributed by atoms with Crippen LogP contribution in [-0.2, 0) is 13.8 Å². The first-order chi connectivity index (χ1) is 9.61. The Hall–Kier alpha value is -0.500. The van der Waals surface area contributed by atoms with E-state index in [1.165, 1.54) is 12.1 Å². The largest absolute Gasteiger partial charge is 0.481 e. The maximum absolute atomic E-state index is 11.6. The fourth-order valence-electron chi connectivity index (χ4n) is 1.36. The van der Waals surface area contributed by atoms with Crippen LogP contribution in [0.1, 0.15) is 13.8 Å². The molecule has 0 fully saturated rings. The fourth-order valence-corrected chi connectivity index (χ4v) is 3.44. The second kappa shape index (κ2) is 7.67. The first-order valence-electron chi connectivity index (χ1n) is 5.94. The van der Waals surface area contributed by atoms with Crippen molar-refractivity contribution in [2.45, 2.75) is 18.7 Å². The van der Waals surface area contributed by atoms with Gasteiger partial charge in [-0.25, -0.2) is 8.42 Å². The summed E-state index contributed by atoms with van der Waals surface area (Å²) in [5.74, 6) is -0.223. The topological polar surface area (TPSA) is 72.5 Å². The second-order valence-corrected chi connectivity index (χ2v) is 8.50. The van der Waals surface area contributed by atoms with Gasteiger partial charge in [-0.2, -0.15) is 0 Å². The molecule has 9 heteroatoms. The van der Waals surface area contributed by atoms with Crippen LogP contribution in [0.15, 0.2) is 21.5 Å². The third-order valence-corrected chi connectivity index (χ3v) is 4.36. The van der Waals surface area contributed by atoms with Gasteiger partial charge in [0.1, 0.15) is 4.90 Å². The molecule has 0 heterocycles. The Morgan fingerprint density at radius 3 is 2.57 bits per heavy atom. The molecule has 1 aromatic rings. The van der Waals surface area contributed by atoms with Crippen LogP contribution < -0.4 is 10.1 Å². The normalized spacial score (nSPS) is 11.5. The number of benzene rings is 1. The molecule has 0 bridgehead atoms. The number of rotatable bonds is 6. The molecule has 21 heavy (non-hydrogen) atoms. The van der Waals surface area contributed by atoms with Gasteiger partial charge in [-0.05, 0) is 18.1 Å². The standard InChI is InChI=1S/C12H14BrCl2NO4S/c1-7(2)5-16-11(17)6-20-12-9(14)3-8(13)4-10(12)21(15,18)19/h3-4,7H,5-6H2,1-2H3,(H,16,17). The monoisotopic (exact) mass is 417 g/mol. The van der Waals surface area contributed by atoms with Crippen LogP contribution in [-0.4, -0.2) is 27.5 Å². The maximum atomic E-state index is 11.6. The van der Waals surface area contributed by atoms with Crippen LogP contribution in [0.2, 0.25) is 5.02 Å². The number of halogens is 3. The Morgan fingerprint density at radius 2 is 2.05 bits per heavy atom. The number of hydrogen-bond acceptors (Lipinski definition) is 4. The van der Waals surface area contributed by atoms with Crippen molar-refractivity contribution in [3.05, 3.63) is 21.6 Å². The smallest absolute Gasteiger partial charge is 0.265 e. The van der Waals surface area contributed by atoms with Crippen molar-refractivity contribution < 1.29 is 17.9 Å². The minimum Gasteiger partial charge on any atom is -0.481 e. The Labute approximate surface area is 141 Å². The van der Waals surface area contributed by atoms with Gasteiger partial charge in [0.05, 0.1) is 5.02 Å². The summed E-state index contributed by atoms with van der Waals surface area (Å²) in [4.78, 5) is 11.3. The number of nitrogens with one attached hydrogen (secondary N) is 1. The average molecular weight is 419 g/mol. The molecule has 1 N–H and O–H groups in total. The first-order valence-corrected chi connectivity index (χ1v) is 9.42. The van der Waals surface area contributed by atoms with Crippen LogP contribution in [0.5, 0.6) is 5.75 Å². The second-order valence-electron chi connectivity index (χ2n) is 4.64. The average Bonchev–Trinajstić information content (AvgIpc) is 2.33. The van der Waals surface area contributed by atoms with Crippen LogP contribution in [0.4, 0.5) is 0 Å². The van der Waals surface area contributed by atoms with E-state index in [9.17, 15) is 13.2 Å². The van der Waals surface area contributed by atoms with Crippen molar-refractivity contribution in [2.24, 2.45) is 5.92 Å². The van der Waals surface area contributed by atoms with E-state index in [1.807, 2.05) is 13.8 Å². The number of ether oxygens (including phenoxy) is 1. The summed E-state index contributed by atoms with van der Waals surface area (Å²) in [6.45, 7) is 4.04. The lowest BCUT2D eigenvalue weighted by atomic mass is 10.2. The quantitative estimate of drug-likeness (QED) is 0.720. The minimum absolute atomic E-state index is 0.0419. The zero-order valence-electron chi connectivity index (χ0n) is 11.3. The van der Waals surface area contributed by atoms with Crippen LogP contribution in [0, 0.1) is 5.92 Å². The molecule has 0 aliphatic rings. The highest BCUT2D eigenvalue weighted by atomic mass is 79.9. The highest BCUT2D eigenvalue weighted by Gasteiger charge is 2.21. The van der Waals surface area contributed by atoms with Crippen LogP contribution >= 0.6 is 38.2 Å². The van der Waals surface area contributed by atoms with Gasteiger partial charge in [-0.1, -0.05) is 41.4 Å². The molecule has 1 rings (SSSR count). The van der Waals surface area contributed by atoms with Gasteiger partial charge in [0.25, 0.3) is 15.0 Å². The van der Waals surface area contributed by atoms with Gasteiger partial charge in [0, 0.05) is 21.7 Å². The molecular weight excluding hydrogens is 405 g/mol. The number of carbonyl (C=O) groups is 1. The number of amides is 1. The Kier molecular flexibility index (Phi) is 6.77. The highest BCUT2D eigenvalue weighted by Crippen LogP contribution is 2.37. The van der Waals surface area contributed by atoms with E-state index in [-0.39, 0.29) is 28.2 Å². The zero-order chi connectivity index (χ0) is 16.2. The lowest BCUT2D eigenvalue weighted by Crippen LogP contribution is -2.31. The molecule has 1 amide bonds. The summed E-state index contributed by atoms with van der Waals surface area (Å²) in [7, 11) is 1.29. The van der Waals surface area contributed by atoms with Crippen molar-refractivity contribution in [1.29, 1.82) is 0 Å². The summed E-state index contributed by atoms with van der Waals surface area (Å²) in [6.07, 6.45) is 0. The molecule has 5 nitrogen and oxygen atoms in total. The van der Waals surface area contributed by atoms with Gasteiger partial charge >= 0.3 is 0 Å². The highest BCUT2D eigenvalue weighted by molar-refractivity contribution is 9.10. The summed E-state index contributed by atoms with van der Waals surface area (Å²) in [5.41, 5.74) is 0. The lowest BCUT2D eigenvalue weighted by Gasteiger charge is -2.13. The van der Waals surface area contributed by atoms with Gasteiger partial charge in [-0.15, -0.1) is 0 Å². The molecular formula is C12H14BrCl2NO4S. The van der Waals surface area contributed by atoms with Crippen molar-refractivity contribution in [2.75, 3.05) is 13.2 Å². The lowest BCUT2D eigenvalue weighted by molar-refractivity contribution is -0.123. The van der Waals surface area contributed by atoms with Gasteiger partial charge in [-0.3, -0.25) is 4.79 Å². The Bertz CT molecular complexity index is 634. The van der Waals surface area contributed by atoms with E-state index in [1.54, 1.807) is 0 Å². The summed E-state index contributed by atoms with van der Waals surface area (Å²) in [6, 6.07) is 2.71. The molecule has 118 valence electrons. The third kappa shape index (κ3) is 6.02. The summed E-state index contributed by atoms with van der Waals surface area (Å²) >= 11 is 9.06. The van der Waals surface area contributed by atoms with E-state index in [4.69, 9.17) is 27.0 Å². The molecule has 1 aromatic carbocycles. The van der Waals surface area contributed by atoms with Crippen LogP contribution in [0.25, 0.3) is 0 Å². The molecule has 0 radical (unpaired) electrons. The molecule has 0 saturated heterocycles. The predicted molar refractivity (Wildman–Crippen MR) is 85.5 cm³/mol.